The van der Waals surface area contributed by atoms with Crippen LogP contribution >= 0.6 is 0 Å². The van der Waals surface area contributed by atoms with Crippen LogP contribution in [0.2, 0.25) is 0 Å². The number of hydrogen-bond donors (Lipinski definition) is 0. The van der Waals surface area contributed by atoms with Crippen LogP contribution < -0.4 is 0 Å². The van der Waals surface area contributed by atoms with Crippen LogP contribution in [0.15, 0.2) is 12.4 Å². The maximum Gasteiger partial charge on any atom is 0.122 e. The van der Waals surface area contributed by atoms with Gasteiger partial charge in [0.25, 0.3) is 0 Å². The topological polar surface area (TPSA) is 33.5 Å². The predicted molar refractivity (Wildman–Crippen MR) is 87.7 cm³/mol. The molecule has 2 aliphatic rings. The molecule has 1 saturated heterocycles. The van der Waals surface area contributed by atoms with Crippen molar-refractivity contribution >= 4 is 0 Å². The lowest BCUT2D eigenvalue weighted by Gasteiger charge is -2.30. The lowest BCUT2D eigenvalue weighted by atomic mass is 10.1. The fraction of sp³-hybridized carbons (Fsp3) is 0.824. The van der Waals surface area contributed by atoms with Crippen LogP contribution in [0, 0.1) is 11.8 Å². The summed E-state index contributed by atoms with van der Waals surface area (Å²) in [5, 5.41) is 0. The molecule has 0 N–H and O–H groups in total. The summed E-state index contributed by atoms with van der Waals surface area (Å²) in [6.45, 7) is 11.9. The Morgan fingerprint density at radius 2 is 2.23 bits per heavy atom. The second kappa shape index (κ2) is 7.11. The average molecular weight is 306 g/mol. The molecule has 0 saturated carbocycles. The normalized spacial score (nSPS) is 26.6. The van der Waals surface area contributed by atoms with Gasteiger partial charge in [-0.15, -0.1) is 0 Å². The molecule has 5 nitrogen and oxygen atoms in total. The fourth-order valence-corrected chi connectivity index (χ4v) is 3.59. The molecule has 2 aliphatic heterocycles. The molecular formula is C17H30N4O. The number of ether oxygens (including phenoxy) is 1. The van der Waals surface area contributed by atoms with Crippen molar-refractivity contribution in [3.8, 4) is 0 Å². The molecule has 0 radical (unpaired) electrons. The summed E-state index contributed by atoms with van der Waals surface area (Å²) < 4.78 is 7.90. The second-order valence-electron chi connectivity index (χ2n) is 7.32. The van der Waals surface area contributed by atoms with E-state index in [2.05, 4.69) is 46.4 Å². The molecule has 0 spiro atoms. The van der Waals surface area contributed by atoms with E-state index in [0.717, 1.165) is 45.9 Å². The Balaban J connectivity index is 1.68. The molecule has 3 rings (SSSR count). The van der Waals surface area contributed by atoms with Crippen LogP contribution in [0.3, 0.4) is 0 Å². The van der Waals surface area contributed by atoms with E-state index in [4.69, 9.17) is 4.74 Å². The van der Waals surface area contributed by atoms with Crippen molar-refractivity contribution < 1.29 is 4.74 Å². The highest BCUT2D eigenvalue weighted by Crippen LogP contribution is 2.20. The van der Waals surface area contributed by atoms with Crippen LogP contribution in [-0.4, -0.2) is 65.3 Å². The molecule has 1 fully saturated rings. The molecule has 0 amide bonds. The summed E-state index contributed by atoms with van der Waals surface area (Å²) in [5.41, 5.74) is 0. The summed E-state index contributed by atoms with van der Waals surface area (Å²) in [6, 6.07) is 0.599. The Morgan fingerprint density at radius 3 is 2.95 bits per heavy atom. The minimum absolute atomic E-state index is 0.599. The minimum Gasteiger partial charge on any atom is -0.381 e. The molecule has 2 unspecified atom stereocenters. The first-order valence-electron chi connectivity index (χ1n) is 8.62. The highest BCUT2D eigenvalue weighted by Gasteiger charge is 2.26. The van der Waals surface area contributed by atoms with Crippen LogP contribution in [-0.2, 0) is 17.8 Å². The number of nitrogens with zero attached hydrogens (tertiary/aromatic N) is 4. The molecule has 3 heterocycles. The maximum absolute atomic E-state index is 5.55. The molecule has 22 heavy (non-hydrogen) atoms. The van der Waals surface area contributed by atoms with E-state index in [0.29, 0.717) is 17.9 Å². The smallest absolute Gasteiger partial charge is 0.122 e. The van der Waals surface area contributed by atoms with E-state index in [-0.39, 0.29) is 0 Å². The zero-order chi connectivity index (χ0) is 15.5. The van der Waals surface area contributed by atoms with Gasteiger partial charge in [-0.05, 0) is 33.2 Å². The van der Waals surface area contributed by atoms with Crippen molar-refractivity contribution in [2.75, 3.05) is 39.9 Å². The molecule has 0 aromatic carbocycles. The lowest BCUT2D eigenvalue weighted by molar-refractivity contribution is 0.141. The van der Waals surface area contributed by atoms with Crippen molar-refractivity contribution in [1.29, 1.82) is 0 Å². The summed E-state index contributed by atoms with van der Waals surface area (Å²) in [4.78, 5) is 9.63. The number of hydrogen-bond acceptors (Lipinski definition) is 4. The zero-order valence-electron chi connectivity index (χ0n) is 14.2. The summed E-state index contributed by atoms with van der Waals surface area (Å²) in [5.74, 6) is 2.57. The molecule has 2 atom stereocenters. The Bertz CT molecular complexity index is 440. The largest absolute Gasteiger partial charge is 0.381 e. The quantitative estimate of drug-likeness (QED) is 0.829. The number of fused-ring (bicyclic) bond motifs is 1. The summed E-state index contributed by atoms with van der Waals surface area (Å²) in [7, 11) is 2.24. The maximum atomic E-state index is 5.55. The van der Waals surface area contributed by atoms with Gasteiger partial charge in [-0.3, -0.25) is 4.90 Å². The van der Waals surface area contributed by atoms with Gasteiger partial charge in [0.15, 0.2) is 0 Å². The minimum atomic E-state index is 0.599. The zero-order valence-corrected chi connectivity index (χ0v) is 14.2. The fourth-order valence-electron chi connectivity index (χ4n) is 3.59. The molecule has 0 bridgehead atoms. The van der Waals surface area contributed by atoms with Crippen molar-refractivity contribution in [3.05, 3.63) is 18.2 Å². The predicted octanol–water partition coefficient (Wildman–Crippen LogP) is 1.69. The first kappa shape index (κ1) is 16.0. The van der Waals surface area contributed by atoms with Crippen LogP contribution in [0.25, 0.3) is 0 Å². The van der Waals surface area contributed by atoms with Crippen LogP contribution in [0.5, 0.6) is 0 Å². The third-order valence-electron chi connectivity index (χ3n) is 5.11. The van der Waals surface area contributed by atoms with E-state index in [9.17, 15) is 0 Å². The summed E-state index contributed by atoms with van der Waals surface area (Å²) in [6.07, 6.45) is 5.29. The molecule has 1 aromatic rings. The van der Waals surface area contributed by atoms with Gasteiger partial charge in [0.05, 0.1) is 13.2 Å². The molecule has 0 aliphatic carbocycles. The molecule has 5 heteroatoms. The van der Waals surface area contributed by atoms with Gasteiger partial charge in [0, 0.05) is 57.1 Å². The second-order valence-corrected chi connectivity index (χ2v) is 7.32. The van der Waals surface area contributed by atoms with Crippen molar-refractivity contribution in [2.24, 2.45) is 11.8 Å². The van der Waals surface area contributed by atoms with Crippen molar-refractivity contribution in [1.82, 2.24) is 19.4 Å². The van der Waals surface area contributed by atoms with Gasteiger partial charge in [-0.1, -0.05) is 0 Å². The van der Waals surface area contributed by atoms with Crippen molar-refractivity contribution in [2.45, 2.75) is 39.4 Å². The Labute approximate surface area is 134 Å². The lowest BCUT2D eigenvalue weighted by Crippen LogP contribution is -2.39. The molecule has 1 aromatic heterocycles. The Morgan fingerprint density at radius 1 is 1.36 bits per heavy atom. The van der Waals surface area contributed by atoms with Gasteiger partial charge < -0.3 is 14.2 Å². The number of rotatable bonds is 5. The van der Waals surface area contributed by atoms with Crippen LogP contribution in [0.4, 0.5) is 0 Å². The third-order valence-corrected chi connectivity index (χ3v) is 5.11. The van der Waals surface area contributed by atoms with E-state index >= 15 is 0 Å². The van der Waals surface area contributed by atoms with E-state index in [1.54, 1.807) is 0 Å². The highest BCUT2D eigenvalue weighted by molar-refractivity contribution is 4.96. The Kier molecular flexibility index (Phi) is 5.16. The van der Waals surface area contributed by atoms with E-state index in [1.165, 1.54) is 12.2 Å². The van der Waals surface area contributed by atoms with E-state index in [1.807, 2.05) is 6.20 Å². The van der Waals surface area contributed by atoms with Crippen molar-refractivity contribution in [3.63, 3.8) is 0 Å². The monoisotopic (exact) mass is 306 g/mol. The standard InChI is InChI=1S/C17H30N4O/c1-14(2)19(3)8-16-10-20(9-15-4-7-22-13-15)12-17-18-5-6-21(17)11-16/h5-6,14-16H,4,7-13H2,1-3H3. The SMILES string of the molecule is CC(C)N(C)CC1CN(CC2CCOC2)Cc2nccn2C1. The van der Waals surface area contributed by atoms with Crippen LogP contribution in [0.1, 0.15) is 26.1 Å². The number of imidazole rings is 1. The summed E-state index contributed by atoms with van der Waals surface area (Å²) >= 11 is 0. The van der Waals surface area contributed by atoms with Gasteiger partial charge in [0.1, 0.15) is 5.82 Å². The molecular weight excluding hydrogens is 276 g/mol. The van der Waals surface area contributed by atoms with Gasteiger partial charge in [-0.25, -0.2) is 4.98 Å². The van der Waals surface area contributed by atoms with Gasteiger partial charge in [-0.2, -0.15) is 0 Å². The third kappa shape index (κ3) is 3.89. The van der Waals surface area contributed by atoms with E-state index < -0.39 is 0 Å². The highest BCUT2D eigenvalue weighted by atomic mass is 16.5. The average Bonchev–Trinajstić information content (AvgIpc) is 3.08. The number of aromatic nitrogens is 2. The van der Waals surface area contributed by atoms with Gasteiger partial charge >= 0.3 is 0 Å². The van der Waals surface area contributed by atoms with Gasteiger partial charge in [0.2, 0.25) is 0 Å². The first-order chi connectivity index (χ1) is 10.6. The molecule has 124 valence electrons. The first-order valence-corrected chi connectivity index (χ1v) is 8.62. The Hall–Kier alpha value is -0.910.